The number of halogens is 3. The fourth-order valence-electron chi connectivity index (χ4n) is 1.74. The summed E-state index contributed by atoms with van der Waals surface area (Å²) in [4.78, 5) is 4.23. The van der Waals surface area contributed by atoms with E-state index in [1.807, 2.05) is 38.1 Å². The van der Waals surface area contributed by atoms with Crippen molar-refractivity contribution in [1.29, 1.82) is 0 Å². The normalized spacial score (nSPS) is 12.1. The van der Waals surface area contributed by atoms with Gasteiger partial charge in [0.2, 0.25) is 0 Å². The van der Waals surface area contributed by atoms with Gasteiger partial charge in [0.1, 0.15) is 5.75 Å². The largest absolute Gasteiger partial charge is 0.494 e. The zero-order chi connectivity index (χ0) is 17.1. The van der Waals surface area contributed by atoms with Crippen molar-refractivity contribution in [2.45, 2.75) is 32.9 Å². The molecule has 0 aliphatic rings. The monoisotopic (exact) mass is 331 g/mol. The van der Waals surface area contributed by atoms with Gasteiger partial charge in [-0.05, 0) is 26.0 Å². The summed E-state index contributed by atoms with van der Waals surface area (Å²) < 4.78 is 41.9. The lowest BCUT2D eigenvalue weighted by Crippen LogP contribution is -2.39. The molecule has 1 rings (SSSR count). The molecule has 4 nitrogen and oxygen atoms in total. The van der Waals surface area contributed by atoms with E-state index in [2.05, 4.69) is 15.6 Å². The molecule has 0 amide bonds. The Morgan fingerprint density at radius 3 is 2.48 bits per heavy atom. The summed E-state index contributed by atoms with van der Waals surface area (Å²) >= 11 is 0. The molecule has 7 heteroatoms. The Morgan fingerprint density at radius 2 is 1.87 bits per heavy atom. The Kier molecular flexibility index (Phi) is 8.29. The molecule has 0 heterocycles. The number of ether oxygens (including phenoxy) is 1. The lowest BCUT2D eigenvalue weighted by Gasteiger charge is -2.12. The van der Waals surface area contributed by atoms with E-state index < -0.39 is 12.6 Å². The third kappa shape index (κ3) is 9.65. The van der Waals surface area contributed by atoms with Crippen LogP contribution in [0.1, 0.15) is 25.3 Å². The predicted octanol–water partition coefficient (Wildman–Crippen LogP) is 3.27. The summed E-state index contributed by atoms with van der Waals surface area (Å²) in [6.07, 6.45) is -4.36. The minimum atomic E-state index is -4.16. The first kappa shape index (κ1) is 19.1. The maximum absolute atomic E-state index is 12.1. The molecule has 0 aromatic heterocycles. The zero-order valence-corrected chi connectivity index (χ0v) is 13.5. The van der Waals surface area contributed by atoms with Gasteiger partial charge in [-0.1, -0.05) is 17.7 Å². The number of benzene rings is 1. The number of hydrogen-bond acceptors (Lipinski definition) is 2. The molecule has 0 aliphatic heterocycles. The van der Waals surface area contributed by atoms with Crippen LogP contribution in [0.4, 0.5) is 13.2 Å². The van der Waals surface area contributed by atoms with Crippen molar-refractivity contribution in [1.82, 2.24) is 10.6 Å². The highest BCUT2D eigenvalue weighted by Crippen LogP contribution is 2.18. The van der Waals surface area contributed by atoms with Gasteiger partial charge in [-0.15, -0.1) is 0 Å². The van der Waals surface area contributed by atoms with Crippen LogP contribution in [-0.4, -0.2) is 38.4 Å². The second-order valence-corrected chi connectivity index (χ2v) is 5.07. The van der Waals surface area contributed by atoms with Crippen LogP contribution in [0.3, 0.4) is 0 Å². The summed E-state index contributed by atoms with van der Waals surface area (Å²) in [5.41, 5.74) is 1.17. The first-order chi connectivity index (χ1) is 10.9. The van der Waals surface area contributed by atoms with Crippen LogP contribution in [0.25, 0.3) is 0 Å². The lowest BCUT2D eigenvalue weighted by molar-refractivity contribution is -0.132. The topological polar surface area (TPSA) is 45.7 Å². The molecule has 2 N–H and O–H groups in total. The molecule has 0 unspecified atom stereocenters. The molecule has 130 valence electrons. The van der Waals surface area contributed by atoms with Gasteiger partial charge in [-0.3, -0.25) is 4.99 Å². The average molecular weight is 331 g/mol. The molecule has 0 aliphatic carbocycles. The minimum Gasteiger partial charge on any atom is -0.494 e. The molecule has 0 bridgehead atoms. The van der Waals surface area contributed by atoms with E-state index in [-0.39, 0.29) is 6.54 Å². The fraction of sp³-hybridized carbons (Fsp3) is 0.562. The zero-order valence-electron chi connectivity index (χ0n) is 13.5. The second kappa shape index (κ2) is 9.97. The maximum atomic E-state index is 12.1. The van der Waals surface area contributed by atoms with Crippen molar-refractivity contribution in [3.8, 4) is 5.75 Å². The Bertz CT molecular complexity index is 472. The molecule has 0 radical (unpaired) electrons. The van der Waals surface area contributed by atoms with Gasteiger partial charge in [0.25, 0.3) is 0 Å². The van der Waals surface area contributed by atoms with Crippen LogP contribution < -0.4 is 15.4 Å². The first-order valence-corrected chi connectivity index (χ1v) is 7.69. The van der Waals surface area contributed by atoms with Gasteiger partial charge >= 0.3 is 6.18 Å². The number of nitrogens with zero attached hydrogens (tertiary/aromatic N) is 1. The smallest absolute Gasteiger partial charge is 0.390 e. The molecule has 0 saturated heterocycles. The van der Waals surface area contributed by atoms with E-state index in [4.69, 9.17) is 4.74 Å². The molecular weight excluding hydrogens is 307 g/mol. The number of aliphatic imine (C=N–C) groups is 1. The van der Waals surface area contributed by atoms with Crippen molar-refractivity contribution in [2.75, 3.05) is 26.2 Å². The summed E-state index contributed by atoms with van der Waals surface area (Å²) in [6, 6.07) is 7.76. The molecule has 23 heavy (non-hydrogen) atoms. The number of alkyl halides is 3. The number of hydrogen-bond donors (Lipinski definition) is 2. The molecular formula is C16H24F3N3O. The predicted molar refractivity (Wildman–Crippen MR) is 85.9 cm³/mol. The van der Waals surface area contributed by atoms with Crippen LogP contribution in [-0.2, 0) is 0 Å². The third-order valence-electron chi connectivity index (χ3n) is 2.91. The molecule has 0 saturated carbocycles. The van der Waals surface area contributed by atoms with Crippen LogP contribution in [0, 0.1) is 6.92 Å². The summed E-state index contributed by atoms with van der Waals surface area (Å²) in [5.74, 6) is 1.20. The van der Waals surface area contributed by atoms with Crippen molar-refractivity contribution in [2.24, 2.45) is 4.99 Å². The third-order valence-corrected chi connectivity index (χ3v) is 2.91. The Balaban J connectivity index is 2.26. The van der Waals surface area contributed by atoms with Crippen LogP contribution in [0.2, 0.25) is 0 Å². The number of aryl methyl sites for hydroxylation is 1. The molecule has 0 fully saturated rings. The van der Waals surface area contributed by atoms with Crippen LogP contribution in [0.5, 0.6) is 5.75 Å². The van der Waals surface area contributed by atoms with E-state index in [9.17, 15) is 13.2 Å². The van der Waals surface area contributed by atoms with Gasteiger partial charge in [0.05, 0.1) is 13.0 Å². The molecule has 0 spiro atoms. The second-order valence-electron chi connectivity index (χ2n) is 5.07. The van der Waals surface area contributed by atoms with E-state index in [1.165, 1.54) is 5.56 Å². The summed E-state index contributed by atoms with van der Waals surface area (Å²) in [7, 11) is 0. The molecule has 1 aromatic carbocycles. The van der Waals surface area contributed by atoms with Gasteiger partial charge in [-0.25, -0.2) is 0 Å². The van der Waals surface area contributed by atoms with Crippen molar-refractivity contribution in [3.05, 3.63) is 29.8 Å². The molecule has 1 aromatic rings. The summed E-state index contributed by atoms with van der Waals surface area (Å²) in [5, 5.41) is 5.58. The Labute approximate surface area is 135 Å². The van der Waals surface area contributed by atoms with Crippen LogP contribution in [0.15, 0.2) is 29.3 Å². The standard InChI is InChI=1S/C16H24F3N3O/c1-3-20-15(22-11-9-16(17,18)19)21-10-4-12-23-14-7-5-13(2)6-8-14/h5-8H,3-4,9-12H2,1-2H3,(H2,20,21,22). The highest BCUT2D eigenvalue weighted by Gasteiger charge is 2.26. The molecule has 0 atom stereocenters. The van der Waals surface area contributed by atoms with Crippen molar-refractivity contribution >= 4 is 5.96 Å². The Hall–Kier alpha value is -1.92. The van der Waals surface area contributed by atoms with Gasteiger partial charge < -0.3 is 15.4 Å². The van der Waals surface area contributed by atoms with Crippen LogP contribution >= 0.6 is 0 Å². The Morgan fingerprint density at radius 1 is 1.17 bits per heavy atom. The first-order valence-electron chi connectivity index (χ1n) is 7.69. The lowest BCUT2D eigenvalue weighted by atomic mass is 10.2. The van der Waals surface area contributed by atoms with E-state index in [0.29, 0.717) is 32.1 Å². The number of guanidine groups is 1. The van der Waals surface area contributed by atoms with Crippen molar-refractivity contribution in [3.63, 3.8) is 0 Å². The van der Waals surface area contributed by atoms with E-state index >= 15 is 0 Å². The average Bonchev–Trinajstić information content (AvgIpc) is 2.47. The maximum Gasteiger partial charge on any atom is 0.390 e. The highest BCUT2D eigenvalue weighted by molar-refractivity contribution is 5.79. The number of rotatable bonds is 8. The van der Waals surface area contributed by atoms with E-state index in [0.717, 1.165) is 5.75 Å². The van der Waals surface area contributed by atoms with Gasteiger partial charge in [0.15, 0.2) is 5.96 Å². The van der Waals surface area contributed by atoms with Gasteiger partial charge in [0, 0.05) is 26.1 Å². The highest BCUT2D eigenvalue weighted by atomic mass is 19.4. The SMILES string of the molecule is CCNC(=NCCCOc1ccc(C)cc1)NCCC(F)(F)F. The fourth-order valence-corrected chi connectivity index (χ4v) is 1.74. The van der Waals surface area contributed by atoms with Crippen molar-refractivity contribution < 1.29 is 17.9 Å². The summed E-state index contributed by atoms with van der Waals surface area (Å²) in [6.45, 7) is 5.27. The van der Waals surface area contributed by atoms with Gasteiger partial charge in [-0.2, -0.15) is 13.2 Å². The van der Waals surface area contributed by atoms with E-state index in [1.54, 1.807) is 0 Å². The quantitative estimate of drug-likeness (QED) is 0.437. The minimum absolute atomic E-state index is 0.185. The number of nitrogens with one attached hydrogen (secondary N) is 2.